The van der Waals surface area contributed by atoms with Crippen molar-refractivity contribution in [3.63, 3.8) is 0 Å². The van der Waals surface area contributed by atoms with E-state index in [0.29, 0.717) is 23.1 Å². The van der Waals surface area contributed by atoms with Crippen LogP contribution < -0.4 is 0 Å². The molecule has 1 saturated heterocycles. The zero-order valence-corrected chi connectivity index (χ0v) is 19.6. The number of benzene rings is 3. The van der Waals surface area contributed by atoms with Gasteiger partial charge in [-0.2, -0.15) is 0 Å². The average molecular weight is 467 g/mol. The summed E-state index contributed by atoms with van der Waals surface area (Å²) in [6.07, 6.45) is 1.75. The molecule has 32 heavy (non-hydrogen) atoms. The van der Waals surface area contributed by atoms with Crippen molar-refractivity contribution in [2.75, 3.05) is 13.1 Å². The molecule has 1 amide bonds. The summed E-state index contributed by atoms with van der Waals surface area (Å²) in [4.78, 5) is 17.9. The average Bonchev–Trinajstić information content (AvgIpc) is 2.82. The minimum Gasteiger partial charge on any atom is -0.334 e. The van der Waals surface area contributed by atoms with E-state index in [-0.39, 0.29) is 11.8 Å². The number of hydrogen-bond acceptors (Lipinski definition) is 2. The maximum absolute atomic E-state index is 13.5. The fraction of sp³-hybridized carbons (Fsp3) is 0.296. The molecule has 3 nitrogen and oxygen atoms in total. The predicted molar refractivity (Wildman–Crippen MR) is 132 cm³/mol. The van der Waals surface area contributed by atoms with Gasteiger partial charge in [0.05, 0.1) is 10.0 Å². The van der Waals surface area contributed by atoms with Gasteiger partial charge in [-0.05, 0) is 54.8 Å². The van der Waals surface area contributed by atoms with E-state index in [1.807, 2.05) is 59.5 Å². The van der Waals surface area contributed by atoms with Crippen LogP contribution >= 0.6 is 23.2 Å². The van der Waals surface area contributed by atoms with E-state index in [1.54, 1.807) is 0 Å². The SMILES string of the molecule is O=C(C1CCN(Cc2ccc(Cl)c(Cl)c2)CC1)N(Cc1ccccc1)Cc1ccccc1. The zero-order chi connectivity index (χ0) is 22.3. The number of rotatable bonds is 7. The van der Waals surface area contributed by atoms with Crippen LogP contribution in [0, 0.1) is 5.92 Å². The van der Waals surface area contributed by atoms with Crippen molar-refractivity contribution in [1.29, 1.82) is 0 Å². The minimum atomic E-state index is 0.0625. The summed E-state index contributed by atoms with van der Waals surface area (Å²) in [5, 5.41) is 1.17. The van der Waals surface area contributed by atoms with Gasteiger partial charge in [-0.1, -0.05) is 89.9 Å². The van der Waals surface area contributed by atoms with Gasteiger partial charge in [0.15, 0.2) is 0 Å². The molecule has 1 fully saturated rings. The Labute approximate surface area is 200 Å². The lowest BCUT2D eigenvalue weighted by atomic mass is 9.94. The highest BCUT2D eigenvalue weighted by Gasteiger charge is 2.29. The summed E-state index contributed by atoms with van der Waals surface area (Å²) >= 11 is 12.2. The van der Waals surface area contributed by atoms with E-state index in [0.717, 1.165) is 49.2 Å². The Hall–Kier alpha value is -2.33. The molecule has 3 aromatic carbocycles. The number of piperidine rings is 1. The molecule has 166 valence electrons. The smallest absolute Gasteiger partial charge is 0.226 e. The van der Waals surface area contributed by atoms with Crippen LogP contribution in [0.15, 0.2) is 78.9 Å². The molecule has 0 spiro atoms. The standard InChI is InChI=1S/C27H28Cl2N2O/c28-25-12-11-23(17-26(25)29)18-30-15-13-24(14-16-30)27(32)31(19-21-7-3-1-4-8-21)20-22-9-5-2-6-10-22/h1-12,17,24H,13-16,18-20H2. The summed E-state index contributed by atoms with van der Waals surface area (Å²) in [5.41, 5.74) is 3.47. The molecule has 1 aliphatic rings. The zero-order valence-electron chi connectivity index (χ0n) is 18.1. The first kappa shape index (κ1) is 22.8. The highest BCUT2D eigenvalue weighted by molar-refractivity contribution is 6.42. The van der Waals surface area contributed by atoms with Crippen molar-refractivity contribution < 1.29 is 4.79 Å². The second kappa shape index (κ2) is 11.0. The van der Waals surface area contributed by atoms with Gasteiger partial charge in [0.25, 0.3) is 0 Å². The van der Waals surface area contributed by atoms with E-state index in [4.69, 9.17) is 23.2 Å². The van der Waals surface area contributed by atoms with E-state index < -0.39 is 0 Å². The van der Waals surface area contributed by atoms with Crippen molar-refractivity contribution in [3.8, 4) is 0 Å². The number of halogens is 2. The third-order valence-electron chi connectivity index (χ3n) is 6.07. The molecule has 3 aromatic rings. The van der Waals surface area contributed by atoms with Gasteiger partial charge in [0, 0.05) is 25.6 Å². The first-order valence-corrected chi connectivity index (χ1v) is 11.9. The van der Waals surface area contributed by atoms with E-state index in [2.05, 4.69) is 29.2 Å². The number of hydrogen-bond donors (Lipinski definition) is 0. The van der Waals surface area contributed by atoms with Crippen molar-refractivity contribution >= 4 is 29.1 Å². The van der Waals surface area contributed by atoms with E-state index in [1.165, 1.54) is 0 Å². The Morgan fingerprint density at radius 2 is 1.34 bits per heavy atom. The highest BCUT2D eigenvalue weighted by atomic mass is 35.5. The van der Waals surface area contributed by atoms with Crippen molar-refractivity contribution in [1.82, 2.24) is 9.80 Å². The van der Waals surface area contributed by atoms with E-state index in [9.17, 15) is 4.79 Å². The van der Waals surface area contributed by atoms with Gasteiger partial charge in [-0.3, -0.25) is 9.69 Å². The van der Waals surface area contributed by atoms with Crippen molar-refractivity contribution in [2.45, 2.75) is 32.5 Å². The molecule has 0 saturated carbocycles. The topological polar surface area (TPSA) is 23.6 Å². The number of amides is 1. The Kier molecular flexibility index (Phi) is 7.85. The Balaban J connectivity index is 1.39. The van der Waals surface area contributed by atoms with Crippen LogP contribution in [0.5, 0.6) is 0 Å². The summed E-state index contributed by atoms with van der Waals surface area (Å²) in [6, 6.07) is 26.3. The first-order chi connectivity index (χ1) is 15.6. The molecule has 5 heteroatoms. The highest BCUT2D eigenvalue weighted by Crippen LogP contribution is 2.26. The van der Waals surface area contributed by atoms with Crippen molar-refractivity contribution in [3.05, 3.63) is 106 Å². The van der Waals surface area contributed by atoms with Crippen molar-refractivity contribution in [2.24, 2.45) is 5.92 Å². The predicted octanol–water partition coefficient (Wildman–Crippen LogP) is 6.43. The molecule has 1 aliphatic heterocycles. The monoisotopic (exact) mass is 466 g/mol. The normalized spacial score (nSPS) is 14.9. The third-order valence-corrected chi connectivity index (χ3v) is 6.81. The van der Waals surface area contributed by atoms with Gasteiger partial charge in [0.1, 0.15) is 0 Å². The fourth-order valence-corrected chi connectivity index (χ4v) is 4.63. The van der Waals surface area contributed by atoms with Gasteiger partial charge in [-0.15, -0.1) is 0 Å². The Bertz CT molecular complexity index is 977. The van der Waals surface area contributed by atoms with Crippen LogP contribution in [0.25, 0.3) is 0 Å². The molecule has 0 N–H and O–H groups in total. The molecule has 0 atom stereocenters. The number of likely N-dealkylation sites (tertiary alicyclic amines) is 1. The largest absolute Gasteiger partial charge is 0.334 e. The maximum Gasteiger partial charge on any atom is 0.226 e. The molecule has 4 rings (SSSR count). The quantitative estimate of drug-likeness (QED) is 0.400. The molecule has 0 radical (unpaired) electrons. The number of carbonyl (C=O) groups is 1. The Morgan fingerprint density at radius 3 is 1.88 bits per heavy atom. The molecular formula is C27H28Cl2N2O. The minimum absolute atomic E-state index is 0.0625. The van der Waals surface area contributed by atoms with Gasteiger partial charge < -0.3 is 4.90 Å². The lowest BCUT2D eigenvalue weighted by Gasteiger charge is -2.34. The van der Waals surface area contributed by atoms with Crippen LogP contribution in [-0.4, -0.2) is 28.8 Å². The number of nitrogens with zero attached hydrogens (tertiary/aromatic N) is 2. The fourth-order valence-electron chi connectivity index (χ4n) is 4.31. The number of carbonyl (C=O) groups excluding carboxylic acids is 1. The second-order valence-corrected chi connectivity index (χ2v) is 9.28. The summed E-state index contributed by atoms with van der Waals surface area (Å²) in [6.45, 7) is 3.91. The van der Waals surface area contributed by atoms with E-state index >= 15 is 0 Å². The van der Waals surface area contributed by atoms with Gasteiger partial charge in [-0.25, -0.2) is 0 Å². The maximum atomic E-state index is 13.5. The Morgan fingerprint density at radius 1 is 0.781 bits per heavy atom. The lowest BCUT2D eigenvalue weighted by molar-refractivity contribution is -0.138. The van der Waals surface area contributed by atoms with Crippen LogP contribution in [0.4, 0.5) is 0 Å². The molecular weight excluding hydrogens is 439 g/mol. The molecule has 0 unspecified atom stereocenters. The summed E-state index contributed by atoms with van der Waals surface area (Å²) in [7, 11) is 0. The van der Waals surface area contributed by atoms with Crippen LogP contribution in [0.2, 0.25) is 10.0 Å². The third kappa shape index (κ3) is 6.13. The molecule has 0 aromatic heterocycles. The van der Waals surface area contributed by atoms with Crippen LogP contribution in [-0.2, 0) is 24.4 Å². The summed E-state index contributed by atoms with van der Waals surface area (Å²) < 4.78 is 0. The lowest BCUT2D eigenvalue weighted by Crippen LogP contribution is -2.41. The summed E-state index contributed by atoms with van der Waals surface area (Å²) in [5.74, 6) is 0.319. The van der Waals surface area contributed by atoms with Gasteiger partial charge >= 0.3 is 0 Å². The van der Waals surface area contributed by atoms with Crippen LogP contribution in [0.1, 0.15) is 29.5 Å². The molecule has 0 bridgehead atoms. The van der Waals surface area contributed by atoms with Crippen LogP contribution in [0.3, 0.4) is 0 Å². The second-order valence-electron chi connectivity index (χ2n) is 8.46. The van der Waals surface area contributed by atoms with Gasteiger partial charge in [0.2, 0.25) is 5.91 Å². The molecule has 1 heterocycles. The molecule has 0 aliphatic carbocycles. The first-order valence-electron chi connectivity index (χ1n) is 11.1.